The van der Waals surface area contributed by atoms with Crippen LogP contribution in [0.2, 0.25) is 0 Å². The standard InChI is InChI=1S/C12H15FO5S/c1-12(2,16)5-6-19(17,18)10-4-3-8(11(14)15)7-9(10)13/h3-4,7,16H,5-6H2,1-2H3,(H,14,15). The molecule has 106 valence electrons. The van der Waals surface area contributed by atoms with Crippen LogP contribution in [0.1, 0.15) is 30.6 Å². The number of hydrogen-bond donors (Lipinski definition) is 2. The van der Waals surface area contributed by atoms with Crippen LogP contribution >= 0.6 is 0 Å². The number of rotatable bonds is 5. The highest BCUT2D eigenvalue weighted by molar-refractivity contribution is 7.91. The van der Waals surface area contributed by atoms with Crippen LogP contribution < -0.4 is 0 Å². The highest BCUT2D eigenvalue weighted by Gasteiger charge is 2.24. The molecule has 0 amide bonds. The number of aromatic carboxylic acids is 1. The Morgan fingerprint density at radius 1 is 1.37 bits per heavy atom. The maximum Gasteiger partial charge on any atom is 0.335 e. The predicted octanol–water partition coefficient (Wildman–Crippen LogP) is 1.46. The molecule has 0 heterocycles. The third-order valence-electron chi connectivity index (χ3n) is 2.50. The van der Waals surface area contributed by atoms with Gasteiger partial charge < -0.3 is 10.2 Å². The number of carboxylic acid groups (broad SMARTS) is 1. The van der Waals surface area contributed by atoms with Crippen LogP contribution in [0.15, 0.2) is 23.1 Å². The van der Waals surface area contributed by atoms with Crippen molar-refractivity contribution in [2.75, 3.05) is 5.75 Å². The van der Waals surface area contributed by atoms with Crippen molar-refractivity contribution in [3.05, 3.63) is 29.6 Å². The molecule has 0 spiro atoms. The summed E-state index contributed by atoms with van der Waals surface area (Å²) in [6, 6.07) is 2.63. The minimum atomic E-state index is -3.89. The highest BCUT2D eigenvalue weighted by atomic mass is 32.2. The summed E-state index contributed by atoms with van der Waals surface area (Å²) < 4.78 is 37.4. The molecule has 5 nitrogen and oxygen atoms in total. The average Bonchev–Trinajstić information content (AvgIpc) is 2.25. The van der Waals surface area contributed by atoms with E-state index < -0.39 is 37.9 Å². The number of benzene rings is 1. The van der Waals surface area contributed by atoms with Gasteiger partial charge in [0.2, 0.25) is 0 Å². The number of carboxylic acids is 1. The van der Waals surface area contributed by atoms with E-state index in [1.54, 1.807) is 0 Å². The first-order valence-electron chi connectivity index (χ1n) is 5.51. The van der Waals surface area contributed by atoms with Crippen LogP contribution in [0.5, 0.6) is 0 Å². The topological polar surface area (TPSA) is 91.7 Å². The van der Waals surface area contributed by atoms with Gasteiger partial charge in [-0.25, -0.2) is 17.6 Å². The largest absolute Gasteiger partial charge is 0.478 e. The molecule has 1 rings (SSSR count). The monoisotopic (exact) mass is 290 g/mol. The quantitative estimate of drug-likeness (QED) is 0.856. The molecule has 0 fully saturated rings. The SMILES string of the molecule is CC(C)(O)CCS(=O)(=O)c1ccc(C(=O)O)cc1F. The third kappa shape index (κ3) is 4.29. The Morgan fingerprint density at radius 2 is 1.95 bits per heavy atom. The summed E-state index contributed by atoms with van der Waals surface area (Å²) in [5.74, 6) is -2.85. The third-order valence-corrected chi connectivity index (χ3v) is 4.24. The second-order valence-corrected chi connectivity index (χ2v) is 6.91. The van der Waals surface area contributed by atoms with Crippen molar-refractivity contribution in [2.24, 2.45) is 0 Å². The molecule has 0 radical (unpaired) electrons. The Morgan fingerprint density at radius 3 is 2.37 bits per heavy atom. The Kier molecular flexibility index (Phi) is 4.32. The lowest BCUT2D eigenvalue weighted by molar-refractivity contribution is 0.0695. The van der Waals surface area contributed by atoms with Gasteiger partial charge in [0.25, 0.3) is 0 Å². The van der Waals surface area contributed by atoms with Crippen molar-refractivity contribution in [1.29, 1.82) is 0 Å². The van der Waals surface area contributed by atoms with Crippen molar-refractivity contribution < 1.29 is 27.8 Å². The fourth-order valence-corrected chi connectivity index (χ4v) is 3.00. The van der Waals surface area contributed by atoms with Gasteiger partial charge in [-0.1, -0.05) is 0 Å². The van der Waals surface area contributed by atoms with Crippen LogP contribution in [-0.4, -0.2) is 36.0 Å². The summed E-state index contributed by atoms with van der Waals surface area (Å²) in [7, 11) is -3.89. The Balaban J connectivity index is 3.06. The van der Waals surface area contributed by atoms with Gasteiger partial charge in [-0.3, -0.25) is 0 Å². The summed E-state index contributed by atoms with van der Waals surface area (Å²) in [5.41, 5.74) is -1.50. The lowest BCUT2D eigenvalue weighted by Crippen LogP contribution is -2.23. The fraction of sp³-hybridized carbons (Fsp3) is 0.417. The van der Waals surface area contributed by atoms with E-state index in [0.29, 0.717) is 6.07 Å². The van der Waals surface area contributed by atoms with Gasteiger partial charge in [0.15, 0.2) is 9.84 Å². The van der Waals surface area contributed by atoms with E-state index >= 15 is 0 Å². The minimum absolute atomic E-state index is 0.0462. The molecule has 0 saturated carbocycles. The van der Waals surface area contributed by atoms with Gasteiger partial charge in [-0.15, -0.1) is 0 Å². The molecular weight excluding hydrogens is 275 g/mol. The number of aliphatic hydroxyl groups is 1. The van der Waals surface area contributed by atoms with E-state index in [0.717, 1.165) is 12.1 Å². The summed E-state index contributed by atoms with van der Waals surface area (Å²) in [6.45, 7) is 2.90. The Hall–Kier alpha value is -1.47. The zero-order valence-corrected chi connectivity index (χ0v) is 11.4. The van der Waals surface area contributed by atoms with E-state index in [-0.39, 0.29) is 12.0 Å². The summed E-state index contributed by atoms with van der Waals surface area (Å²) in [5, 5.41) is 18.1. The number of carbonyl (C=O) groups is 1. The molecule has 7 heteroatoms. The Labute approximate surface area is 110 Å². The summed E-state index contributed by atoms with van der Waals surface area (Å²) in [6.07, 6.45) is -0.0462. The molecule has 0 aromatic heterocycles. The number of sulfone groups is 1. The molecule has 0 saturated heterocycles. The zero-order valence-electron chi connectivity index (χ0n) is 10.6. The lowest BCUT2D eigenvalue weighted by Gasteiger charge is -2.16. The van der Waals surface area contributed by atoms with E-state index in [9.17, 15) is 22.7 Å². The van der Waals surface area contributed by atoms with Gasteiger partial charge >= 0.3 is 5.97 Å². The van der Waals surface area contributed by atoms with E-state index in [1.165, 1.54) is 13.8 Å². The van der Waals surface area contributed by atoms with Gasteiger partial charge in [-0.05, 0) is 38.5 Å². The van der Waals surface area contributed by atoms with Gasteiger partial charge in [0.1, 0.15) is 10.7 Å². The van der Waals surface area contributed by atoms with Crippen LogP contribution in [0.3, 0.4) is 0 Å². The van der Waals surface area contributed by atoms with Gasteiger partial charge in [0, 0.05) is 0 Å². The van der Waals surface area contributed by atoms with E-state index in [2.05, 4.69) is 0 Å². The molecule has 0 atom stereocenters. The average molecular weight is 290 g/mol. The second kappa shape index (κ2) is 5.26. The molecule has 19 heavy (non-hydrogen) atoms. The van der Waals surface area contributed by atoms with Crippen LogP contribution in [0, 0.1) is 5.82 Å². The zero-order chi connectivity index (χ0) is 14.8. The molecule has 0 bridgehead atoms. The maximum absolute atomic E-state index is 13.6. The molecule has 0 aliphatic carbocycles. The molecule has 0 aliphatic rings. The van der Waals surface area contributed by atoms with Crippen LogP contribution in [0.4, 0.5) is 4.39 Å². The van der Waals surface area contributed by atoms with Crippen LogP contribution in [-0.2, 0) is 9.84 Å². The van der Waals surface area contributed by atoms with Crippen LogP contribution in [0.25, 0.3) is 0 Å². The predicted molar refractivity (Wildman–Crippen MR) is 66.3 cm³/mol. The van der Waals surface area contributed by atoms with Gasteiger partial charge in [-0.2, -0.15) is 0 Å². The second-order valence-electron chi connectivity index (χ2n) is 4.83. The molecule has 2 N–H and O–H groups in total. The number of halogens is 1. The summed E-state index contributed by atoms with van der Waals surface area (Å²) >= 11 is 0. The Bertz CT molecular complexity index is 587. The smallest absolute Gasteiger partial charge is 0.335 e. The molecular formula is C12H15FO5S. The lowest BCUT2D eigenvalue weighted by atomic mass is 10.1. The van der Waals surface area contributed by atoms with E-state index in [4.69, 9.17) is 5.11 Å². The number of hydrogen-bond acceptors (Lipinski definition) is 4. The van der Waals surface area contributed by atoms with Gasteiger partial charge in [0.05, 0.1) is 16.9 Å². The first-order chi connectivity index (χ1) is 8.53. The first-order valence-corrected chi connectivity index (χ1v) is 7.16. The molecule has 0 aliphatic heterocycles. The molecule has 1 aromatic rings. The van der Waals surface area contributed by atoms with Crippen molar-refractivity contribution in [3.8, 4) is 0 Å². The highest BCUT2D eigenvalue weighted by Crippen LogP contribution is 2.20. The maximum atomic E-state index is 13.6. The van der Waals surface area contributed by atoms with E-state index in [1.807, 2.05) is 0 Å². The van der Waals surface area contributed by atoms with Crippen molar-refractivity contribution in [2.45, 2.75) is 30.8 Å². The minimum Gasteiger partial charge on any atom is -0.478 e. The summed E-state index contributed by atoms with van der Waals surface area (Å²) in [4.78, 5) is 10.1. The van der Waals surface area contributed by atoms with Crippen molar-refractivity contribution >= 4 is 15.8 Å². The molecule has 1 aromatic carbocycles. The normalized spacial score (nSPS) is 12.4. The van der Waals surface area contributed by atoms with Crippen molar-refractivity contribution in [3.63, 3.8) is 0 Å². The van der Waals surface area contributed by atoms with Crippen molar-refractivity contribution in [1.82, 2.24) is 0 Å². The first kappa shape index (κ1) is 15.6. The fourth-order valence-electron chi connectivity index (χ4n) is 1.38. The molecule has 0 unspecified atom stereocenters.